The van der Waals surface area contributed by atoms with E-state index in [4.69, 9.17) is 9.15 Å². The first-order valence-corrected chi connectivity index (χ1v) is 7.50. The molecule has 1 aliphatic rings. The molecule has 0 spiro atoms. The lowest BCUT2D eigenvalue weighted by atomic mass is 9.99. The number of piperidine rings is 1. The minimum absolute atomic E-state index is 0.0925. The normalized spacial score (nSPS) is 18.5. The van der Waals surface area contributed by atoms with E-state index in [0.29, 0.717) is 35.7 Å². The summed E-state index contributed by atoms with van der Waals surface area (Å²) in [6.45, 7) is 3.50. The van der Waals surface area contributed by atoms with Crippen molar-refractivity contribution in [3.8, 4) is 5.75 Å². The topological polar surface area (TPSA) is 59.8 Å². The van der Waals surface area contributed by atoms with E-state index in [-0.39, 0.29) is 11.5 Å². The van der Waals surface area contributed by atoms with E-state index in [0.717, 1.165) is 12.8 Å². The summed E-state index contributed by atoms with van der Waals surface area (Å²) in [5.74, 6) is 0.704. The maximum atomic E-state index is 12.6. The van der Waals surface area contributed by atoms with Crippen molar-refractivity contribution in [1.82, 2.24) is 4.90 Å². The van der Waals surface area contributed by atoms with Gasteiger partial charge in [0.15, 0.2) is 11.3 Å². The molecule has 22 heavy (non-hydrogen) atoms. The van der Waals surface area contributed by atoms with E-state index in [2.05, 4.69) is 6.92 Å². The second-order valence-electron chi connectivity index (χ2n) is 5.82. The van der Waals surface area contributed by atoms with Crippen molar-refractivity contribution in [1.29, 1.82) is 0 Å². The summed E-state index contributed by atoms with van der Waals surface area (Å²) < 4.78 is 10.5. The number of fused-ring (bicyclic) bond motifs is 1. The SMILES string of the molecule is COc1cccc2cc(C(=O)N3CCC[C@@H](C)C3)c(=O)oc12. The first kappa shape index (κ1) is 14.6. The van der Waals surface area contributed by atoms with Gasteiger partial charge in [-0.3, -0.25) is 4.79 Å². The van der Waals surface area contributed by atoms with E-state index in [1.165, 1.54) is 7.11 Å². The van der Waals surface area contributed by atoms with Crippen molar-refractivity contribution in [2.24, 2.45) is 5.92 Å². The number of likely N-dealkylation sites (tertiary alicyclic amines) is 1. The van der Waals surface area contributed by atoms with Crippen LogP contribution in [0.15, 0.2) is 33.5 Å². The molecule has 1 aliphatic heterocycles. The predicted molar refractivity (Wildman–Crippen MR) is 83.3 cm³/mol. The number of methoxy groups -OCH3 is 1. The van der Waals surface area contributed by atoms with Crippen LogP contribution < -0.4 is 10.4 Å². The van der Waals surface area contributed by atoms with Gasteiger partial charge < -0.3 is 14.1 Å². The van der Waals surface area contributed by atoms with Crippen molar-refractivity contribution in [3.63, 3.8) is 0 Å². The van der Waals surface area contributed by atoms with Crippen LogP contribution in [-0.2, 0) is 0 Å². The molecule has 0 aliphatic carbocycles. The number of carbonyl (C=O) groups is 1. The number of carbonyl (C=O) groups excluding carboxylic acids is 1. The lowest BCUT2D eigenvalue weighted by molar-refractivity contribution is 0.0679. The average molecular weight is 301 g/mol. The summed E-state index contributed by atoms with van der Waals surface area (Å²) in [6.07, 6.45) is 2.09. The smallest absolute Gasteiger partial charge is 0.349 e. The Morgan fingerprint density at radius 3 is 2.95 bits per heavy atom. The number of para-hydroxylation sites is 1. The third-order valence-corrected chi connectivity index (χ3v) is 4.12. The molecule has 1 amide bonds. The molecule has 1 fully saturated rings. The van der Waals surface area contributed by atoms with Crippen LogP contribution in [0.2, 0.25) is 0 Å². The molecule has 0 N–H and O–H groups in total. The fourth-order valence-electron chi connectivity index (χ4n) is 2.97. The molecule has 3 rings (SSSR count). The van der Waals surface area contributed by atoms with Gasteiger partial charge in [0.05, 0.1) is 7.11 Å². The molecular weight excluding hydrogens is 282 g/mol. The minimum Gasteiger partial charge on any atom is -0.493 e. The lowest BCUT2D eigenvalue weighted by Gasteiger charge is -2.30. The van der Waals surface area contributed by atoms with Gasteiger partial charge in [0.1, 0.15) is 5.56 Å². The molecule has 2 heterocycles. The van der Waals surface area contributed by atoms with Crippen LogP contribution in [-0.4, -0.2) is 31.0 Å². The Morgan fingerprint density at radius 1 is 1.41 bits per heavy atom. The Morgan fingerprint density at radius 2 is 2.23 bits per heavy atom. The predicted octanol–water partition coefficient (Wildman–Crippen LogP) is 2.67. The van der Waals surface area contributed by atoms with Gasteiger partial charge in [-0.2, -0.15) is 0 Å². The Balaban J connectivity index is 2.02. The summed E-state index contributed by atoms with van der Waals surface area (Å²) >= 11 is 0. The van der Waals surface area contributed by atoms with Crippen LogP contribution in [0.1, 0.15) is 30.1 Å². The standard InChI is InChI=1S/C17H19NO4/c1-11-5-4-8-18(10-11)16(19)13-9-12-6-3-7-14(21-2)15(12)22-17(13)20/h3,6-7,9,11H,4-5,8,10H2,1-2H3/t11-/m1/s1. The van der Waals surface area contributed by atoms with Crippen molar-refractivity contribution in [2.45, 2.75) is 19.8 Å². The van der Waals surface area contributed by atoms with Gasteiger partial charge in [-0.1, -0.05) is 19.1 Å². The number of hydrogen-bond donors (Lipinski definition) is 0. The summed E-state index contributed by atoms with van der Waals surface area (Å²) in [4.78, 5) is 26.5. The van der Waals surface area contributed by atoms with Crippen LogP contribution in [0.4, 0.5) is 0 Å². The van der Waals surface area contributed by atoms with Crippen LogP contribution >= 0.6 is 0 Å². The molecule has 1 saturated heterocycles. The van der Waals surface area contributed by atoms with Gasteiger partial charge in [-0.25, -0.2) is 4.79 Å². The van der Waals surface area contributed by atoms with Crippen molar-refractivity contribution in [3.05, 3.63) is 40.2 Å². The summed E-state index contributed by atoms with van der Waals surface area (Å²) in [5, 5.41) is 0.687. The minimum atomic E-state index is -0.611. The van der Waals surface area contributed by atoms with E-state index < -0.39 is 5.63 Å². The number of nitrogens with zero attached hydrogens (tertiary/aromatic N) is 1. The molecule has 1 aromatic heterocycles. The number of ether oxygens (including phenoxy) is 1. The largest absolute Gasteiger partial charge is 0.493 e. The molecule has 0 bridgehead atoms. The quantitative estimate of drug-likeness (QED) is 0.800. The van der Waals surface area contributed by atoms with Crippen molar-refractivity contribution in [2.75, 3.05) is 20.2 Å². The summed E-state index contributed by atoms with van der Waals surface area (Å²) in [6, 6.07) is 6.93. The molecule has 2 aromatic rings. The first-order valence-electron chi connectivity index (χ1n) is 7.50. The Hall–Kier alpha value is -2.30. The van der Waals surface area contributed by atoms with E-state index >= 15 is 0 Å². The highest BCUT2D eigenvalue weighted by atomic mass is 16.5. The third-order valence-electron chi connectivity index (χ3n) is 4.12. The highest BCUT2D eigenvalue weighted by molar-refractivity contribution is 5.97. The fourth-order valence-corrected chi connectivity index (χ4v) is 2.97. The molecular formula is C17H19NO4. The van der Waals surface area contributed by atoms with Gasteiger partial charge in [0.2, 0.25) is 0 Å². The zero-order valence-electron chi connectivity index (χ0n) is 12.8. The molecule has 1 atom stereocenters. The van der Waals surface area contributed by atoms with Gasteiger partial charge in [0.25, 0.3) is 5.91 Å². The molecule has 5 nitrogen and oxygen atoms in total. The number of hydrogen-bond acceptors (Lipinski definition) is 4. The van der Waals surface area contributed by atoms with Crippen molar-refractivity contribution < 1.29 is 13.9 Å². The molecule has 5 heteroatoms. The van der Waals surface area contributed by atoms with Gasteiger partial charge >= 0.3 is 5.63 Å². The average Bonchev–Trinajstić information content (AvgIpc) is 2.53. The monoisotopic (exact) mass is 301 g/mol. The zero-order valence-corrected chi connectivity index (χ0v) is 12.8. The van der Waals surface area contributed by atoms with E-state index in [9.17, 15) is 9.59 Å². The van der Waals surface area contributed by atoms with Crippen LogP contribution in [0.5, 0.6) is 5.75 Å². The lowest BCUT2D eigenvalue weighted by Crippen LogP contribution is -2.40. The highest BCUT2D eigenvalue weighted by Gasteiger charge is 2.25. The summed E-state index contributed by atoms with van der Waals surface area (Å²) in [5.41, 5.74) is -0.145. The Labute approximate surface area is 128 Å². The zero-order chi connectivity index (χ0) is 15.7. The number of benzene rings is 1. The second kappa shape index (κ2) is 5.83. The molecule has 116 valence electrons. The fraction of sp³-hybridized carbons (Fsp3) is 0.412. The molecule has 0 saturated carbocycles. The van der Waals surface area contributed by atoms with Gasteiger partial charge in [-0.15, -0.1) is 0 Å². The van der Waals surface area contributed by atoms with Gasteiger partial charge in [-0.05, 0) is 30.9 Å². The second-order valence-corrected chi connectivity index (χ2v) is 5.82. The molecule has 0 radical (unpaired) electrons. The number of amides is 1. The van der Waals surface area contributed by atoms with Crippen LogP contribution in [0.25, 0.3) is 11.0 Å². The van der Waals surface area contributed by atoms with E-state index in [1.54, 1.807) is 29.2 Å². The van der Waals surface area contributed by atoms with Crippen LogP contribution in [0.3, 0.4) is 0 Å². The van der Waals surface area contributed by atoms with Crippen molar-refractivity contribution >= 4 is 16.9 Å². The highest BCUT2D eigenvalue weighted by Crippen LogP contribution is 2.25. The third kappa shape index (κ3) is 2.58. The molecule has 1 aromatic carbocycles. The first-order chi connectivity index (χ1) is 10.6. The Bertz CT molecular complexity index is 765. The maximum absolute atomic E-state index is 12.6. The van der Waals surface area contributed by atoms with Gasteiger partial charge in [0, 0.05) is 18.5 Å². The summed E-state index contributed by atoms with van der Waals surface area (Å²) in [7, 11) is 1.52. The Kier molecular flexibility index (Phi) is 3.88. The van der Waals surface area contributed by atoms with Crippen LogP contribution in [0, 0.1) is 5.92 Å². The molecule has 0 unspecified atom stereocenters. The number of rotatable bonds is 2. The maximum Gasteiger partial charge on any atom is 0.349 e. The van der Waals surface area contributed by atoms with E-state index in [1.807, 2.05) is 0 Å².